The molecule has 0 aliphatic carbocycles. The molecule has 7 nitrogen and oxygen atoms in total. The monoisotopic (exact) mass is 519 g/mol. The highest BCUT2D eigenvalue weighted by molar-refractivity contribution is 7.92. The second kappa shape index (κ2) is 11.1. The van der Waals surface area contributed by atoms with Crippen molar-refractivity contribution in [1.82, 2.24) is 10.2 Å². The topological polar surface area (TPSA) is 86.8 Å². The van der Waals surface area contributed by atoms with Gasteiger partial charge >= 0.3 is 6.18 Å². The Hall–Kier alpha value is -2.79. The summed E-state index contributed by atoms with van der Waals surface area (Å²) in [6.45, 7) is 0.713. The first-order valence-corrected chi connectivity index (χ1v) is 12.4. The predicted octanol–water partition coefficient (Wildman–Crippen LogP) is 3.33. The number of benzene rings is 2. The standard InChI is InChI=1S/C22H25ClF3N3O4S/c1-15(21(31)27-2)28(12-11-16-7-5-4-6-8-16)20(30)14-29(34(3,32)33)19-13-17(22(24,25)26)9-10-18(19)23/h4-10,13,15H,11-12,14H2,1-3H3,(H,27,31). The molecular formula is C22H25ClF3N3O4S. The van der Waals surface area contributed by atoms with Crippen LogP contribution < -0.4 is 9.62 Å². The third-order valence-corrected chi connectivity index (χ3v) is 6.57. The molecule has 34 heavy (non-hydrogen) atoms. The van der Waals surface area contributed by atoms with Gasteiger partial charge in [-0.25, -0.2) is 8.42 Å². The lowest BCUT2D eigenvalue weighted by Gasteiger charge is -2.31. The number of carbonyl (C=O) groups excluding carboxylic acids is 2. The molecule has 1 N–H and O–H groups in total. The Bertz CT molecular complexity index is 1130. The minimum Gasteiger partial charge on any atom is -0.357 e. The van der Waals surface area contributed by atoms with Gasteiger partial charge in [-0.2, -0.15) is 13.2 Å². The summed E-state index contributed by atoms with van der Waals surface area (Å²) in [5.41, 5.74) is -0.721. The number of hydrogen-bond acceptors (Lipinski definition) is 4. The average Bonchev–Trinajstić information content (AvgIpc) is 2.76. The van der Waals surface area contributed by atoms with E-state index in [9.17, 15) is 31.2 Å². The normalized spacial score (nSPS) is 12.7. The van der Waals surface area contributed by atoms with Crippen molar-refractivity contribution in [3.8, 4) is 0 Å². The van der Waals surface area contributed by atoms with Crippen molar-refractivity contribution in [2.75, 3.05) is 30.7 Å². The molecule has 0 spiro atoms. The quantitative estimate of drug-likeness (QED) is 0.550. The molecule has 186 valence electrons. The number of sulfonamides is 1. The van der Waals surface area contributed by atoms with Crippen molar-refractivity contribution in [3.63, 3.8) is 0 Å². The SMILES string of the molecule is CNC(=O)C(C)N(CCc1ccccc1)C(=O)CN(c1cc(C(F)(F)F)ccc1Cl)S(C)(=O)=O. The van der Waals surface area contributed by atoms with Gasteiger partial charge in [-0.3, -0.25) is 13.9 Å². The van der Waals surface area contributed by atoms with Crippen LogP contribution in [0.4, 0.5) is 18.9 Å². The Morgan fingerprint density at radius 2 is 1.74 bits per heavy atom. The maximum atomic E-state index is 13.2. The van der Waals surface area contributed by atoms with Crippen LogP contribution in [-0.4, -0.2) is 57.6 Å². The molecule has 0 saturated heterocycles. The fourth-order valence-electron chi connectivity index (χ4n) is 3.25. The molecule has 1 atom stereocenters. The van der Waals surface area contributed by atoms with Crippen LogP contribution in [0, 0.1) is 0 Å². The first-order valence-electron chi connectivity index (χ1n) is 10.1. The number of rotatable bonds is 9. The Kier molecular flexibility index (Phi) is 8.96. The van der Waals surface area contributed by atoms with Crippen molar-refractivity contribution in [1.29, 1.82) is 0 Å². The van der Waals surface area contributed by atoms with E-state index in [1.165, 1.54) is 18.9 Å². The van der Waals surface area contributed by atoms with E-state index < -0.39 is 51.9 Å². The number of nitrogens with zero attached hydrogens (tertiary/aromatic N) is 2. The number of likely N-dealkylation sites (N-methyl/N-ethyl adjacent to an activating group) is 1. The molecule has 2 aromatic carbocycles. The maximum Gasteiger partial charge on any atom is 0.416 e. The summed E-state index contributed by atoms with van der Waals surface area (Å²) in [5, 5.41) is 2.16. The number of amides is 2. The largest absolute Gasteiger partial charge is 0.416 e. The van der Waals surface area contributed by atoms with Crippen LogP contribution in [-0.2, 0) is 32.2 Å². The number of carbonyl (C=O) groups is 2. The van der Waals surface area contributed by atoms with Crippen molar-refractivity contribution in [2.24, 2.45) is 0 Å². The van der Waals surface area contributed by atoms with Crippen LogP contribution in [0.1, 0.15) is 18.1 Å². The molecule has 0 aliphatic rings. The van der Waals surface area contributed by atoms with Crippen LogP contribution in [0.15, 0.2) is 48.5 Å². The lowest BCUT2D eigenvalue weighted by Crippen LogP contribution is -2.51. The van der Waals surface area contributed by atoms with Crippen LogP contribution in [0.5, 0.6) is 0 Å². The lowest BCUT2D eigenvalue weighted by atomic mass is 10.1. The molecule has 0 aliphatic heterocycles. The van der Waals surface area contributed by atoms with Crippen molar-refractivity contribution in [3.05, 3.63) is 64.7 Å². The molecule has 2 amide bonds. The summed E-state index contributed by atoms with van der Waals surface area (Å²) in [6.07, 6.45) is -3.62. The van der Waals surface area contributed by atoms with Crippen molar-refractivity contribution < 1.29 is 31.2 Å². The van der Waals surface area contributed by atoms with Crippen LogP contribution in [0.2, 0.25) is 5.02 Å². The van der Waals surface area contributed by atoms with E-state index in [0.29, 0.717) is 22.9 Å². The van der Waals surface area contributed by atoms with Gasteiger partial charge in [0.2, 0.25) is 21.8 Å². The second-order valence-electron chi connectivity index (χ2n) is 7.55. The van der Waals surface area contributed by atoms with Gasteiger partial charge in [0, 0.05) is 13.6 Å². The molecule has 2 aromatic rings. The highest BCUT2D eigenvalue weighted by Gasteiger charge is 2.34. The number of nitrogens with one attached hydrogen (secondary N) is 1. The van der Waals surface area contributed by atoms with E-state index in [0.717, 1.165) is 17.9 Å². The Morgan fingerprint density at radius 3 is 2.26 bits per heavy atom. The van der Waals surface area contributed by atoms with Crippen LogP contribution in [0.3, 0.4) is 0 Å². The van der Waals surface area contributed by atoms with Gasteiger partial charge in [0.05, 0.1) is 22.5 Å². The summed E-state index contributed by atoms with van der Waals surface area (Å²) in [4.78, 5) is 26.7. The zero-order valence-corrected chi connectivity index (χ0v) is 20.3. The molecule has 0 aromatic heterocycles. The Morgan fingerprint density at radius 1 is 1.12 bits per heavy atom. The zero-order chi connectivity index (χ0) is 25.7. The molecule has 0 radical (unpaired) electrons. The van der Waals surface area contributed by atoms with Crippen molar-refractivity contribution in [2.45, 2.75) is 25.6 Å². The molecule has 12 heteroatoms. The summed E-state index contributed by atoms with van der Waals surface area (Å²) in [6, 6.07) is 10.4. The van der Waals surface area contributed by atoms with Gasteiger partial charge in [0.25, 0.3) is 0 Å². The summed E-state index contributed by atoms with van der Waals surface area (Å²) in [5.74, 6) is -1.25. The molecular weight excluding hydrogens is 495 g/mol. The van der Waals surface area contributed by atoms with E-state index in [4.69, 9.17) is 11.6 Å². The first kappa shape index (κ1) is 27.5. The van der Waals surface area contributed by atoms with Gasteiger partial charge in [-0.05, 0) is 37.1 Å². The van der Waals surface area contributed by atoms with Crippen LogP contribution >= 0.6 is 11.6 Å². The summed E-state index contributed by atoms with van der Waals surface area (Å²) in [7, 11) is -2.82. The minimum atomic E-state index is -4.75. The fraction of sp³-hybridized carbons (Fsp3) is 0.364. The molecule has 0 saturated carbocycles. The van der Waals surface area contributed by atoms with E-state index in [2.05, 4.69) is 5.32 Å². The highest BCUT2D eigenvalue weighted by atomic mass is 35.5. The molecule has 0 bridgehead atoms. The second-order valence-corrected chi connectivity index (χ2v) is 9.86. The highest BCUT2D eigenvalue weighted by Crippen LogP contribution is 2.36. The first-order chi connectivity index (χ1) is 15.8. The van der Waals surface area contributed by atoms with Gasteiger partial charge in [-0.1, -0.05) is 41.9 Å². The van der Waals surface area contributed by atoms with E-state index in [-0.39, 0.29) is 11.6 Å². The predicted molar refractivity (Wildman–Crippen MR) is 124 cm³/mol. The lowest BCUT2D eigenvalue weighted by molar-refractivity contribution is -0.138. The van der Waals surface area contributed by atoms with Crippen molar-refractivity contribution >= 4 is 39.1 Å². The third kappa shape index (κ3) is 7.10. The van der Waals surface area contributed by atoms with Gasteiger partial charge < -0.3 is 10.2 Å². The smallest absolute Gasteiger partial charge is 0.357 e. The molecule has 2 rings (SSSR count). The van der Waals surface area contributed by atoms with E-state index in [1.54, 1.807) is 0 Å². The van der Waals surface area contributed by atoms with E-state index >= 15 is 0 Å². The molecule has 0 heterocycles. The number of halogens is 4. The van der Waals surface area contributed by atoms with Gasteiger partial charge in [0.15, 0.2) is 0 Å². The van der Waals surface area contributed by atoms with Gasteiger partial charge in [0.1, 0.15) is 12.6 Å². The maximum absolute atomic E-state index is 13.2. The molecule has 1 unspecified atom stereocenters. The number of hydrogen-bond donors (Lipinski definition) is 1. The summed E-state index contributed by atoms with van der Waals surface area (Å²) >= 11 is 6.02. The Labute approximate surface area is 201 Å². The van der Waals surface area contributed by atoms with Crippen LogP contribution in [0.25, 0.3) is 0 Å². The number of anilines is 1. The van der Waals surface area contributed by atoms with Gasteiger partial charge in [-0.15, -0.1) is 0 Å². The third-order valence-electron chi connectivity index (χ3n) is 5.12. The number of alkyl halides is 3. The fourth-order valence-corrected chi connectivity index (χ4v) is 4.38. The zero-order valence-electron chi connectivity index (χ0n) is 18.8. The minimum absolute atomic E-state index is 0.0748. The Balaban J connectivity index is 2.41. The average molecular weight is 520 g/mol. The summed E-state index contributed by atoms with van der Waals surface area (Å²) < 4.78 is 65.1. The molecule has 0 fully saturated rings. The van der Waals surface area contributed by atoms with E-state index in [1.807, 2.05) is 30.3 Å².